The molecule has 1 aromatic heterocycles. The smallest absolute Gasteiger partial charge is 0.185 e. The van der Waals surface area contributed by atoms with E-state index in [9.17, 15) is 8.42 Å². The molecule has 1 atom stereocenters. The van der Waals surface area contributed by atoms with Crippen molar-refractivity contribution < 1.29 is 8.42 Å². The van der Waals surface area contributed by atoms with Gasteiger partial charge in [0, 0.05) is 30.8 Å². The highest BCUT2D eigenvalue weighted by Gasteiger charge is 2.23. The third-order valence-electron chi connectivity index (χ3n) is 3.11. The summed E-state index contributed by atoms with van der Waals surface area (Å²) in [7, 11) is -1.05. The van der Waals surface area contributed by atoms with E-state index in [1.807, 2.05) is 11.9 Å². The van der Waals surface area contributed by atoms with E-state index in [-0.39, 0.29) is 11.8 Å². The fraction of sp³-hybridized carbons (Fsp3) is 0.727. The lowest BCUT2D eigenvalue weighted by Gasteiger charge is -2.16. The summed E-state index contributed by atoms with van der Waals surface area (Å²) >= 11 is 1.64. The first-order chi connectivity index (χ1) is 8.37. The van der Waals surface area contributed by atoms with Crippen molar-refractivity contribution in [1.29, 1.82) is 0 Å². The van der Waals surface area contributed by atoms with Gasteiger partial charge in [0.2, 0.25) is 0 Å². The van der Waals surface area contributed by atoms with Gasteiger partial charge >= 0.3 is 0 Å². The molecule has 0 aromatic carbocycles. The molecule has 1 aliphatic rings. The number of rotatable bonds is 4. The molecule has 2 N–H and O–H groups in total. The van der Waals surface area contributed by atoms with Gasteiger partial charge in [-0.2, -0.15) is 0 Å². The molecular formula is C11H19N3O2S2. The second-order valence-corrected chi connectivity index (χ2v) is 8.18. The molecule has 1 aliphatic carbocycles. The maximum absolute atomic E-state index is 11.1. The summed E-state index contributed by atoms with van der Waals surface area (Å²) < 4.78 is 22.3. The molecule has 1 unspecified atom stereocenters. The van der Waals surface area contributed by atoms with Crippen LogP contribution in [-0.2, 0) is 16.3 Å². The van der Waals surface area contributed by atoms with Gasteiger partial charge in [-0.15, -0.1) is 11.3 Å². The first-order valence-corrected chi connectivity index (χ1v) is 8.88. The zero-order valence-electron chi connectivity index (χ0n) is 10.7. The fourth-order valence-electron chi connectivity index (χ4n) is 2.00. The summed E-state index contributed by atoms with van der Waals surface area (Å²) in [6, 6.07) is 0.0436. The molecule has 0 aliphatic heterocycles. The lowest BCUT2D eigenvalue weighted by molar-refractivity contribution is 0.563. The quantitative estimate of drug-likeness (QED) is 0.893. The highest BCUT2D eigenvalue weighted by Crippen LogP contribution is 2.35. The number of aromatic nitrogens is 1. The van der Waals surface area contributed by atoms with Crippen molar-refractivity contribution in [1.82, 2.24) is 4.98 Å². The molecule has 2 rings (SSSR count). The summed E-state index contributed by atoms with van der Waals surface area (Å²) in [6.45, 7) is 0.473. The number of anilines is 1. The van der Waals surface area contributed by atoms with E-state index in [0.29, 0.717) is 6.54 Å². The normalized spacial score (nSPS) is 19.6. The molecule has 0 fully saturated rings. The molecule has 0 bridgehead atoms. The van der Waals surface area contributed by atoms with Crippen LogP contribution in [-0.4, -0.2) is 39.0 Å². The summed E-state index contributed by atoms with van der Waals surface area (Å²) in [4.78, 5) is 7.72. The molecule has 5 nitrogen and oxygen atoms in total. The number of nitrogens with two attached hydrogens (primary N) is 1. The summed E-state index contributed by atoms with van der Waals surface area (Å²) in [6.07, 6.45) is 4.40. The van der Waals surface area contributed by atoms with E-state index in [0.717, 1.165) is 30.1 Å². The molecule has 0 saturated heterocycles. The number of hydrogen-bond donors (Lipinski definition) is 1. The molecule has 0 amide bonds. The topological polar surface area (TPSA) is 76.3 Å². The van der Waals surface area contributed by atoms with Gasteiger partial charge in [-0.1, -0.05) is 0 Å². The Balaban J connectivity index is 2.09. The predicted molar refractivity (Wildman–Crippen MR) is 75.0 cm³/mol. The van der Waals surface area contributed by atoms with Gasteiger partial charge < -0.3 is 10.6 Å². The minimum Gasteiger partial charge on any atom is -0.350 e. The zero-order valence-corrected chi connectivity index (χ0v) is 12.4. The van der Waals surface area contributed by atoms with Crippen molar-refractivity contribution in [3.8, 4) is 0 Å². The Hall–Kier alpha value is -0.660. The van der Waals surface area contributed by atoms with E-state index in [1.165, 1.54) is 11.1 Å². The highest BCUT2D eigenvalue weighted by molar-refractivity contribution is 7.90. The summed E-state index contributed by atoms with van der Waals surface area (Å²) in [5.74, 6) is 0.153. The molecule has 0 spiro atoms. The second kappa shape index (κ2) is 5.14. The van der Waals surface area contributed by atoms with Crippen molar-refractivity contribution in [2.75, 3.05) is 30.5 Å². The molecular weight excluding hydrogens is 270 g/mol. The van der Waals surface area contributed by atoms with E-state index in [1.54, 1.807) is 11.3 Å². The van der Waals surface area contributed by atoms with E-state index < -0.39 is 9.84 Å². The number of aryl methyl sites for hydroxylation is 1. The van der Waals surface area contributed by atoms with Crippen molar-refractivity contribution in [2.45, 2.75) is 25.3 Å². The average molecular weight is 289 g/mol. The van der Waals surface area contributed by atoms with Gasteiger partial charge in [-0.05, 0) is 19.3 Å². The van der Waals surface area contributed by atoms with Crippen LogP contribution in [0.25, 0.3) is 0 Å². The maximum Gasteiger partial charge on any atom is 0.185 e. The fourth-order valence-corrected chi connectivity index (χ4v) is 3.77. The van der Waals surface area contributed by atoms with Crippen molar-refractivity contribution >= 4 is 26.3 Å². The molecule has 18 heavy (non-hydrogen) atoms. The zero-order chi connectivity index (χ0) is 13.3. The van der Waals surface area contributed by atoms with Crippen LogP contribution in [0.15, 0.2) is 0 Å². The lowest BCUT2D eigenvalue weighted by Crippen LogP contribution is -2.25. The predicted octanol–water partition coefficient (Wildman–Crippen LogP) is 0.960. The standard InChI is InChI=1S/C11H19N3O2S2/c1-14(6-7-18(2,15)16)11-13-10-8(12)4-3-5-9(10)17-11/h8H,3-7,12H2,1-2H3. The van der Waals surface area contributed by atoms with Gasteiger partial charge in [0.05, 0.1) is 11.4 Å². The molecule has 0 radical (unpaired) electrons. The first-order valence-electron chi connectivity index (χ1n) is 6.01. The van der Waals surface area contributed by atoms with Crippen LogP contribution in [0.3, 0.4) is 0 Å². The molecule has 0 saturated carbocycles. The van der Waals surface area contributed by atoms with Crippen LogP contribution < -0.4 is 10.6 Å². The Bertz CT molecular complexity index is 524. The summed E-state index contributed by atoms with van der Waals surface area (Å²) in [5.41, 5.74) is 7.04. The van der Waals surface area contributed by atoms with Crippen LogP contribution in [0.5, 0.6) is 0 Å². The number of sulfone groups is 1. The second-order valence-electron chi connectivity index (χ2n) is 4.86. The number of nitrogens with zero attached hydrogens (tertiary/aromatic N) is 2. The van der Waals surface area contributed by atoms with E-state index in [4.69, 9.17) is 5.73 Å². The van der Waals surface area contributed by atoms with Crippen LogP contribution in [0.4, 0.5) is 5.13 Å². The van der Waals surface area contributed by atoms with Gasteiger partial charge in [-0.3, -0.25) is 0 Å². The van der Waals surface area contributed by atoms with Gasteiger partial charge in [-0.25, -0.2) is 13.4 Å². The molecule has 1 aromatic rings. The maximum atomic E-state index is 11.1. The Morgan fingerprint density at radius 2 is 2.28 bits per heavy atom. The molecule has 1 heterocycles. The largest absolute Gasteiger partial charge is 0.350 e. The van der Waals surface area contributed by atoms with Crippen molar-refractivity contribution in [2.24, 2.45) is 5.73 Å². The first kappa shape index (κ1) is 13.8. The Labute approximate surface area is 112 Å². The minimum atomic E-state index is -2.93. The van der Waals surface area contributed by atoms with Gasteiger partial charge in [0.1, 0.15) is 9.84 Å². The Morgan fingerprint density at radius 1 is 1.56 bits per heavy atom. The minimum absolute atomic E-state index is 0.0436. The van der Waals surface area contributed by atoms with Gasteiger partial charge in [0.25, 0.3) is 0 Å². The van der Waals surface area contributed by atoms with E-state index in [2.05, 4.69) is 4.98 Å². The summed E-state index contributed by atoms with van der Waals surface area (Å²) in [5, 5.41) is 0.876. The highest BCUT2D eigenvalue weighted by atomic mass is 32.2. The number of fused-ring (bicyclic) bond motifs is 1. The average Bonchev–Trinajstić information content (AvgIpc) is 2.70. The van der Waals surface area contributed by atoms with Crippen LogP contribution in [0.2, 0.25) is 0 Å². The van der Waals surface area contributed by atoms with Crippen LogP contribution in [0, 0.1) is 0 Å². The van der Waals surface area contributed by atoms with Crippen molar-refractivity contribution in [3.05, 3.63) is 10.6 Å². The van der Waals surface area contributed by atoms with Crippen LogP contribution in [0.1, 0.15) is 29.5 Å². The van der Waals surface area contributed by atoms with Crippen LogP contribution >= 0.6 is 11.3 Å². The number of hydrogen-bond acceptors (Lipinski definition) is 6. The van der Waals surface area contributed by atoms with E-state index >= 15 is 0 Å². The third kappa shape index (κ3) is 3.21. The number of thiazole rings is 1. The SMILES string of the molecule is CN(CCS(C)(=O)=O)c1nc2c(s1)CCCC2N. The van der Waals surface area contributed by atoms with Gasteiger partial charge in [0.15, 0.2) is 5.13 Å². The molecule has 102 valence electrons. The molecule has 7 heteroatoms. The Kier molecular flexibility index (Phi) is 3.93. The third-order valence-corrected chi connectivity index (χ3v) is 5.28. The lowest BCUT2D eigenvalue weighted by atomic mass is 9.99. The van der Waals surface area contributed by atoms with Crippen molar-refractivity contribution in [3.63, 3.8) is 0 Å². The monoisotopic (exact) mass is 289 g/mol. The Morgan fingerprint density at radius 3 is 2.89 bits per heavy atom.